The van der Waals surface area contributed by atoms with Crippen molar-refractivity contribution in [2.24, 2.45) is 0 Å². The van der Waals surface area contributed by atoms with Crippen molar-refractivity contribution in [3.8, 4) is 0 Å². The molecule has 0 saturated carbocycles. The number of piperidine rings is 1. The minimum atomic E-state index is -0.335. The molecule has 0 bridgehead atoms. The lowest BCUT2D eigenvalue weighted by Crippen LogP contribution is -2.44. The molecule has 1 amide bonds. The van der Waals surface area contributed by atoms with Gasteiger partial charge in [0.15, 0.2) is 0 Å². The first-order valence-electron chi connectivity index (χ1n) is 8.65. The molecule has 1 fully saturated rings. The van der Waals surface area contributed by atoms with Crippen LogP contribution in [0.25, 0.3) is 0 Å². The molecule has 0 unspecified atom stereocenters. The van der Waals surface area contributed by atoms with Crippen LogP contribution in [0.2, 0.25) is 0 Å². The third-order valence-electron chi connectivity index (χ3n) is 4.90. The lowest BCUT2D eigenvalue weighted by atomic mass is 9.96. The van der Waals surface area contributed by atoms with Crippen molar-refractivity contribution in [2.75, 3.05) is 19.7 Å². The lowest BCUT2D eigenvalue weighted by Gasteiger charge is -2.34. The highest BCUT2D eigenvalue weighted by Crippen LogP contribution is 2.29. The fourth-order valence-corrected chi connectivity index (χ4v) is 3.75. The predicted molar refractivity (Wildman–Crippen MR) is 84.8 cm³/mol. The fourth-order valence-electron chi connectivity index (χ4n) is 3.75. The van der Waals surface area contributed by atoms with E-state index in [-0.39, 0.29) is 12.0 Å². The van der Waals surface area contributed by atoms with Crippen molar-refractivity contribution >= 4 is 5.91 Å². The maximum atomic E-state index is 12.5. The van der Waals surface area contributed by atoms with Gasteiger partial charge in [0, 0.05) is 44.0 Å². The molecule has 0 N–H and O–H groups in total. The maximum absolute atomic E-state index is 12.5. The lowest BCUT2D eigenvalue weighted by molar-refractivity contribution is -0.143. The highest BCUT2D eigenvalue weighted by molar-refractivity contribution is 5.80. The number of likely N-dealkylation sites (tertiary alicyclic amines) is 1. The van der Waals surface area contributed by atoms with Gasteiger partial charge in [-0.2, -0.15) is 0 Å². The first-order valence-corrected chi connectivity index (χ1v) is 8.65. The van der Waals surface area contributed by atoms with Crippen molar-refractivity contribution in [3.63, 3.8) is 0 Å². The summed E-state index contributed by atoms with van der Waals surface area (Å²) in [6, 6.07) is 0. The van der Waals surface area contributed by atoms with Gasteiger partial charge in [0.1, 0.15) is 11.9 Å². The molecule has 1 aromatic heterocycles. The van der Waals surface area contributed by atoms with Gasteiger partial charge in [-0.05, 0) is 46.0 Å². The zero-order valence-corrected chi connectivity index (χ0v) is 13.8. The summed E-state index contributed by atoms with van der Waals surface area (Å²) in [6.45, 7) is 7.09. The third kappa shape index (κ3) is 3.05. The maximum Gasteiger partial charge on any atom is 0.251 e. The number of rotatable bonds is 4. The van der Waals surface area contributed by atoms with Gasteiger partial charge in [-0.1, -0.05) is 0 Å². The summed E-state index contributed by atoms with van der Waals surface area (Å²) < 4.78 is 7.86. The first-order chi connectivity index (χ1) is 10.7. The van der Waals surface area contributed by atoms with Gasteiger partial charge in [0.25, 0.3) is 5.91 Å². The molecular weight excluding hydrogens is 278 g/mol. The Morgan fingerprint density at radius 3 is 3.09 bits per heavy atom. The summed E-state index contributed by atoms with van der Waals surface area (Å²) in [4.78, 5) is 19.1. The minimum Gasteiger partial charge on any atom is -0.369 e. The van der Waals surface area contributed by atoms with E-state index in [1.807, 2.05) is 24.9 Å². The van der Waals surface area contributed by atoms with Crippen LogP contribution in [0.1, 0.15) is 57.0 Å². The number of aryl methyl sites for hydroxylation is 1. The van der Waals surface area contributed by atoms with E-state index in [1.165, 1.54) is 24.4 Å². The van der Waals surface area contributed by atoms with E-state index < -0.39 is 0 Å². The standard InChI is InChI=1S/C17H27N3O2/c1-3-22-13(2)17(21)19-9-6-7-14(12-19)16-18-11-15-8-4-5-10-20(15)16/h11,13-14H,3-10,12H2,1-2H3/t13-,14+/m0/s1. The number of fused-ring (bicyclic) bond motifs is 1. The van der Waals surface area contributed by atoms with Crippen molar-refractivity contribution in [1.82, 2.24) is 14.5 Å². The molecular formula is C17H27N3O2. The highest BCUT2D eigenvalue weighted by Gasteiger charge is 2.30. The average Bonchev–Trinajstić information content (AvgIpc) is 2.98. The van der Waals surface area contributed by atoms with Crippen LogP contribution in [0.3, 0.4) is 0 Å². The molecule has 122 valence electrons. The van der Waals surface area contributed by atoms with E-state index in [0.717, 1.165) is 38.9 Å². The third-order valence-corrected chi connectivity index (χ3v) is 4.90. The van der Waals surface area contributed by atoms with Gasteiger partial charge in [0.2, 0.25) is 0 Å². The number of ether oxygens (including phenoxy) is 1. The highest BCUT2D eigenvalue weighted by atomic mass is 16.5. The second-order valence-corrected chi connectivity index (χ2v) is 6.44. The number of aromatic nitrogens is 2. The molecule has 5 nitrogen and oxygen atoms in total. The molecule has 0 radical (unpaired) electrons. The summed E-state index contributed by atoms with van der Waals surface area (Å²) in [5, 5.41) is 0. The van der Waals surface area contributed by atoms with Crippen molar-refractivity contribution in [3.05, 3.63) is 17.7 Å². The van der Waals surface area contributed by atoms with Crippen molar-refractivity contribution in [2.45, 2.75) is 64.5 Å². The van der Waals surface area contributed by atoms with Crippen molar-refractivity contribution in [1.29, 1.82) is 0 Å². The van der Waals surface area contributed by atoms with Crippen LogP contribution >= 0.6 is 0 Å². The Kier molecular flexibility index (Phi) is 4.81. The SMILES string of the molecule is CCO[C@@H](C)C(=O)N1CCC[C@@H](c2ncc3n2CCCC3)C1. The largest absolute Gasteiger partial charge is 0.369 e. The first kappa shape index (κ1) is 15.5. The molecule has 1 saturated heterocycles. The van der Waals surface area contributed by atoms with Crippen LogP contribution in [0.5, 0.6) is 0 Å². The monoisotopic (exact) mass is 305 g/mol. The molecule has 22 heavy (non-hydrogen) atoms. The number of hydrogen-bond donors (Lipinski definition) is 0. The molecule has 2 atom stereocenters. The van der Waals surface area contributed by atoms with Gasteiger partial charge < -0.3 is 14.2 Å². The van der Waals surface area contributed by atoms with Crippen LogP contribution in [-0.2, 0) is 22.5 Å². The molecule has 2 aliphatic heterocycles. The van der Waals surface area contributed by atoms with E-state index in [4.69, 9.17) is 9.72 Å². The topological polar surface area (TPSA) is 47.4 Å². The summed E-state index contributed by atoms with van der Waals surface area (Å²) in [5.41, 5.74) is 1.37. The zero-order valence-electron chi connectivity index (χ0n) is 13.8. The van der Waals surface area contributed by atoms with E-state index in [2.05, 4.69) is 4.57 Å². The molecule has 0 aromatic carbocycles. The summed E-state index contributed by atoms with van der Waals surface area (Å²) >= 11 is 0. The van der Waals surface area contributed by atoms with E-state index in [0.29, 0.717) is 12.5 Å². The number of carbonyl (C=O) groups excluding carboxylic acids is 1. The second-order valence-electron chi connectivity index (χ2n) is 6.44. The molecule has 5 heteroatoms. The quantitative estimate of drug-likeness (QED) is 0.858. The van der Waals surface area contributed by atoms with Gasteiger partial charge in [-0.25, -0.2) is 4.98 Å². The molecule has 1 aromatic rings. The summed E-state index contributed by atoms with van der Waals surface area (Å²) in [5.74, 6) is 1.69. The average molecular weight is 305 g/mol. The van der Waals surface area contributed by atoms with Gasteiger partial charge in [0.05, 0.1) is 0 Å². The molecule has 2 aliphatic rings. The van der Waals surface area contributed by atoms with Gasteiger partial charge in [-0.3, -0.25) is 4.79 Å². The van der Waals surface area contributed by atoms with E-state index in [1.54, 1.807) is 0 Å². The van der Waals surface area contributed by atoms with Gasteiger partial charge >= 0.3 is 0 Å². The van der Waals surface area contributed by atoms with Gasteiger partial charge in [-0.15, -0.1) is 0 Å². The van der Waals surface area contributed by atoms with Crippen molar-refractivity contribution < 1.29 is 9.53 Å². The Balaban J connectivity index is 1.70. The second kappa shape index (κ2) is 6.82. The molecule has 3 heterocycles. The Morgan fingerprint density at radius 2 is 2.27 bits per heavy atom. The Hall–Kier alpha value is -1.36. The minimum absolute atomic E-state index is 0.122. The zero-order chi connectivity index (χ0) is 15.5. The molecule has 0 spiro atoms. The van der Waals surface area contributed by atoms with Crippen LogP contribution in [-0.4, -0.2) is 46.2 Å². The van der Waals surface area contributed by atoms with Crippen LogP contribution in [0.15, 0.2) is 6.20 Å². The number of carbonyl (C=O) groups is 1. The van der Waals surface area contributed by atoms with Crippen LogP contribution in [0.4, 0.5) is 0 Å². The number of hydrogen-bond acceptors (Lipinski definition) is 3. The number of nitrogens with zero attached hydrogens (tertiary/aromatic N) is 3. The number of amides is 1. The summed E-state index contributed by atoms with van der Waals surface area (Å²) in [7, 11) is 0. The fraction of sp³-hybridized carbons (Fsp3) is 0.765. The Labute approximate surface area is 132 Å². The normalized spacial score (nSPS) is 23.2. The predicted octanol–water partition coefficient (Wildman–Crippen LogP) is 2.35. The van der Waals surface area contributed by atoms with Crippen LogP contribution in [0, 0.1) is 0 Å². The molecule has 3 rings (SSSR count). The molecule has 0 aliphatic carbocycles. The summed E-state index contributed by atoms with van der Waals surface area (Å²) in [6.07, 6.45) is 7.54. The van der Waals surface area contributed by atoms with E-state index in [9.17, 15) is 4.79 Å². The van der Waals surface area contributed by atoms with E-state index >= 15 is 0 Å². The Morgan fingerprint density at radius 1 is 1.41 bits per heavy atom. The Bertz CT molecular complexity index is 526. The smallest absolute Gasteiger partial charge is 0.251 e. The van der Waals surface area contributed by atoms with Crippen LogP contribution < -0.4 is 0 Å². The number of imidazole rings is 1.